The summed E-state index contributed by atoms with van der Waals surface area (Å²) < 4.78 is 93.3. The first kappa shape index (κ1) is 17.8. The van der Waals surface area contributed by atoms with Crippen LogP contribution in [0.5, 0.6) is 0 Å². The molecule has 10 heteroatoms. The van der Waals surface area contributed by atoms with Crippen LogP contribution >= 0.6 is 7.60 Å². The van der Waals surface area contributed by atoms with Crippen molar-refractivity contribution in [3.8, 4) is 0 Å². The average molecular weight is 328 g/mol. The van der Waals surface area contributed by atoms with Crippen molar-refractivity contribution in [2.24, 2.45) is 0 Å². The first-order chi connectivity index (χ1) is 9.02. The van der Waals surface area contributed by atoms with Gasteiger partial charge in [-0.2, -0.15) is 26.3 Å². The molecule has 0 amide bonds. The van der Waals surface area contributed by atoms with E-state index in [0.717, 1.165) is 6.42 Å². The van der Waals surface area contributed by atoms with Crippen molar-refractivity contribution in [1.29, 1.82) is 0 Å². The van der Waals surface area contributed by atoms with Crippen LogP contribution in [0.4, 0.5) is 26.3 Å². The van der Waals surface area contributed by atoms with Gasteiger partial charge in [0.25, 0.3) is 0 Å². The summed E-state index contributed by atoms with van der Waals surface area (Å²) in [6.07, 6.45) is -7.09. The monoisotopic (exact) mass is 328 g/mol. The molecule has 0 aromatic carbocycles. The number of hydrogen-bond acceptors (Lipinski definition) is 3. The summed E-state index contributed by atoms with van der Waals surface area (Å²) in [6.45, 7) is -3.75. The Kier molecular flexibility index (Phi) is 5.92. The maximum atomic E-state index is 12.2. The van der Waals surface area contributed by atoms with Crippen LogP contribution in [-0.2, 0) is 13.6 Å². The lowest BCUT2D eigenvalue weighted by atomic mass is 10.0. The highest BCUT2D eigenvalue weighted by Crippen LogP contribution is 2.58. The van der Waals surface area contributed by atoms with Crippen LogP contribution in [0.25, 0.3) is 0 Å². The van der Waals surface area contributed by atoms with Crippen LogP contribution in [-0.4, -0.2) is 31.2 Å². The van der Waals surface area contributed by atoms with Gasteiger partial charge in [0.2, 0.25) is 0 Å². The van der Waals surface area contributed by atoms with E-state index in [9.17, 15) is 30.9 Å². The Morgan fingerprint density at radius 1 is 0.850 bits per heavy atom. The predicted molar refractivity (Wildman–Crippen MR) is 58.5 cm³/mol. The molecule has 1 saturated carbocycles. The Labute approximate surface area is 112 Å². The van der Waals surface area contributed by atoms with Gasteiger partial charge in [-0.3, -0.25) is 13.6 Å². The zero-order valence-electron chi connectivity index (χ0n) is 10.5. The van der Waals surface area contributed by atoms with Gasteiger partial charge in [-0.1, -0.05) is 19.3 Å². The third kappa shape index (κ3) is 6.45. The molecule has 0 spiro atoms. The van der Waals surface area contributed by atoms with Gasteiger partial charge in [0.05, 0.1) is 5.66 Å². The normalized spacial score (nSPS) is 19.3. The first-order valence-electron chi connectivity index (χ1n) is 6.04. The van der Waals surface area contributed by atoms with Gasteiger partial charge in [-0.25, -0.2) is 0 Å². The minimum Gasteiger partial charge on any atom is -0.299 e. The first-order valence-corrected chi connectivity index (χ1v) is 7.65. The molecule has 0 radical (unpaired) electrons. The summed E-state index contributed by atoms with van der Waals surface area (Å²) in [5.74, 6) is 0. The molecule has 0 saturated heterocycles. The molecule has 0 bridgehead atoms. The number of hydrogen-bond donors (Lipinski definition) is 0. The highest BCUT2D eigenvalue weighted by atomic mass is 31.2. The third-order valence-electron chi connectivity index (χ3n) is 2.84. The molecule has 1 fully saturated rings. The predicted octanol–water partition coefficient (Wildman–Crippen LogP) is 4.67. The molecule has 0 heterocycles. The lowest BCUT2D eigenvalue weighted by Crippen LogP contribution is -2.25. The largest absolute Gasteiger partial charge is 0.412 e. The molecule has 1 aliphatic carbocycles. The zero-order valence-corrected chi connectivity index (χ0v) is 11.4. The Morgan fingerprint density at radius 3 is 1.60 bits per heavy atom. The quantitative estimate of drug-likeness (QED) is 0.543. The van der Waals surface area contributed by atoms with Crippen molar-refractivity contribution < 1.29 is 40.0 Å². The molecule has 0 unspecified atom stereocenters. The Balaban J connectivity index is 2.73. The van der Waals surface area contributed by atoms with Crippen molar-refractivity contribution in [2.75, 3.05) is 13.2 Å². The van der Waals surface area contributed by atoms with E-state index in [1.54, 1.807) is 0 Å². The molecule has 120 valence electrons. The molecule has 0 atom stereocenters. The fourth-order valence-corrected chi connectivity index (χ4v) is 4.12. The summed E-state index contributed by atoms with van der Waals surface area (Å²) >= 11 is 0. The molecule has 0 aliphatic heterocycles. The van der Waals surface area contributed by atoms with Crippen LogP contribution in [0.2, 0.25) is 0 Å². The van der Waals surface area contributed by atoms with Crippen molar-refractivity contribution in [3.63, 3.8) is 0 Å². The summed E-state index contributed by atoms with van der Waals surface area (Å²) in [5, 5.41) is 0. The smallest absolute Gasteiger partial charge is 0.299 e. The highest BCUT2D eigenvalue weighted by Gasteiger charge is 2.43. The minimum absolute atomic E-state index is 0.243. The van der Waals surface area contributed by atoms with E-state index in [2.05, 4.69) is 9.05 Å². The van der Waals surface area contributed by atoms with E-state index in [1.807, 2.05) is 0 Å². The van der Waals surface area contributed by atoms with Crippen LogP contribution < -0.4 is 0 Å². The van der Waals surface area contributed by atoms with Crippen molar-refractivity contribution in [1.82, 2.24) is 0 Å². The van der Waals surface area contributed by atoms with E-state index < -0.39 is 38.8 Å². The van der Waals surface area contributed by atoms with Gasteiger partial charge in [0.15, 0.2) is 13.2 Å². The van der Waals surface area contributed by atoms with Crippen LogP contribution in [0.15, 0.2) is 0 Å². The van der Waals surface area contributed by atoms with Crippen molar-refractivity contribution in [2.45, 2.75) is 50.1 Å². The number of halogens is 6. The average Bonchev–Trinajstić information content (AvgIpc) is 2.33. The molecule has 0 N–H and O–H groups in total. The Morgan fingerprint density at radius 2 is 1.25 bits per heavy atom. The minimum atomic E-state index is -4.77. The maximum absolute atomic E-state index is 12.2. The summed E-state index contributed by atoms with van der Waals surface area (Å²) in [4.78, 5) is 0. The van der Waals surface area contributed by atoms with E-state index in [-0.39, 0.29) is 12.8 Å². The molecule has 0 aromatic heterocycles. The van der Waals surface area contributed by atoms with Gasteiger partial charge < -0.3 is 0 Å². The lowest BCUT2D eigenvalue weighted by Gasteiger charge is -2.30. The van der Waals surface area contributed by atoms with Gasteiger partial charge in [0, 0.05) is 0 Å². The molecular formula is C10H15F6O3P. The molecule has 1 aliphatic rings. The molecule has 1 rings (SSSR count). The standard InChI is InChI=1S/C10H15F6O3P/c11-9(12,13)6-18-20(17,19-7-10(14,15)16)8-4-2-1-3-5-8/h8H,1-7H2. The van der Waals surface area contributed by atoms with E-state index in [1.165, 1.54) is 0 Å². The summed E-state index contributed by atoms with van der Waals surface area (Å²) in [6, 6.07) is 0. The molecule has 3 nitrogen and oxygen atoms in total. The van der Waals surface area contributed by atoms with Crippen LogP contribution in [0, 0.1) is 0 Å². The molecule has 0 aromatic rings. The molecular weight excluding hydrogens is 313 g/mol. The third-order valence-corrected chi connectivity index (χ3v) is 5.23. The second-order valence-corrected chi connectivity index (χ2v) is 6.94. The van der Waals surface area contributed by atoms with Gasteiger partial charge in [0.1, 0.15) is 0 Å². The fourth-order valence-electron chi connectivity index (χ4n) is 1.97. The van der Waals surface area contributed by atoms with Crippen LogP contribution in [0.3, 0.4) is 0 Å². The van der Waals surface area contributed by atoms with Crippen LogP contribution in [0.1, 0.15) is 32.1 Å². The van der Waals surface area contributed by atoms with Crippen molar-refractivity contribution >= 4 is 7.60 Å². The topological polar surface area (TPSA) is 35.5 Å². The number of alkyl halides is 6. The fraction of sp³-hybridized carbons (Fsp3) is 1.00. The summed E-state index contributed by atoms with van der Waals surface area (Å²) in [7, 11) is -4.43. The van der Waals surface area contributed by atoms with E-state index in [4.69, 9.17) is 0 Å². The van der Waals surface area contributed by atoms with Crippen molar-refractivity contribution in [3.05, 3.63) is 0 Å². The van der Waals surface area contributed by atoms with Gasteiger partial charge in [-0.05, 0) is 12.8 Å². The van der Waals surface area contributed by atoms with Gasteiger partial charge in [-0.15, -0.1) is 0 Å². The second kappa shape index (κ2) is 6.66. The number of rotatable bonds is 5. The summed E-state index contributed by atoms with van der Waals surface area (Å²) in [5.41, 5.74) is -0.902. The lowest BCUT2D eigenvalue weighted by molar-refractivity contribution is -0.165. The second-order valence-electron chi connectivity index (χ2n) is 4.61. The molecule has 20 heavy (non-hydrogen) atoms. The highest BCUT2D eigenvalue weighted by molar-refractivity contribution is 7.54. The Bertz CT molecular complexity index is 326. The maximum Gasteiger partial charge on any atom is 0.412 e. The van der Waals surface area contributed by atoms with E-state index in [0.29, 0.717) is 12.8 Å². The SMILES string of the molecule is O=P(OCC(F)(F)F)(OCC(F)(F)F)C1CCCCC1. The Hall–Kier alpha value is -0.270. The van der Waals surface area contributed by atoms with E-state index >= 15 is 0 Å². The zero-order chi connectivity index (χ0) is 15.4. The van der Waals surface area contributed by atoms with Gasteiger partial charge >= 0.3 is 19.9 Å².